The quantitative estimate of drug-likeness (QED) is 0.345. The zero-order valence-corrected chi connectivity index (χ0v) is 22.1. The van der Waals surface area contributed by atoms with Crippen LogP contribution in [0.3, 0.4) is 0 Å². The van der Waals surface area contributed by atoms with Crippen LogP contribution in [0, 0.1) is 15.5 Å². The number of nitro groups is 1. The van der Waals surface area contributed by atoms with Crippen LogP contribution in [0.4, 0.5) is 30.2 Å². The second kappa shape index (κ2) is 11.3. The van der Waals surface area contributed by atoms with Crippen LogP contribution in [0.1, 0.15) is 52.0 Å². The summed E-state index contributed by atoms with van der Waals surface area (Å²) >= 11 is 0. The summed E-state index contributed by atoms with van der Waals surface area (Å²) in [7, 11) is 0. The molecule has 1 N–H and O–H groups in total. The minimum absolute atomic E-state index is 0.0259. The highest BCUT2D eigenvalue weighted by molar-refractivity contribution is 5.55. The molecule has 0 amide bonds. The van der Waals surface area contributed by atoms with E-state index in [1.54, 1.807) is 6.20 Å². The number of ether oxygens (including phenoxy) is 1. The number of nitro benzene ring substituents is 1. The zero-order valence-electron chi connectivity index (χ0n) is 22.1. The van der Waals surface area contributed by atoms with Gasteiger partial charge in [0.1, 0.15) is 11.7 Å². The van der Waals surface area contributed by atoms with E-state index in [4.69, 9.17) is 4.74 Å². The normalized spacial score (nSPS) is 21.3. The van der Waals surface area contributed by atoms with E-state index >= 15 is 0 Å². The highest BCUT2D eigenvalue weighted by Gasteiger charge is 2.38. The number of piperazine rings is 1. The molecule has 4 rings (SSSR count). The Hall–Kier alpha value is -3.08. The van der Waals surface area contributed by atoms with Gasteiger partial charge < -0.3 is 15.0 Å². The summed E-state index contributed by atoms with van der Waals surface area (Å²) < 4.78 is 46.0. The number of hydrogen-bond acceptors (Lipinski definition) is 7. The largest absolute Gasteiger partial charge is 0.474 e. The van der Waals surface area contributed by atoms with E-state index in [0.717, 1.165) is 63.4 Å². The number of nitrogens with zero attached hydrogens (tertiary/aromatic N) is 4. The van der Waals surface area contributed by atoms with Gasteiger partial charge >= 0.3 is 6.18 Å². The van der Waals surface area contributed by atoms with Crippen LogP contribution in [0.15, 0.2) is 36.5 Å². The first kappa shape index (κ1) is 27.9. The Labute approximate surface area is 221 Å². The van der Waals surface area contributed by atoms with Crippen LogP contribution in [-0.2, 0) is 6.18 Å². The Bertz CT molecular complexity index is 1110. The molecule has 0 spiro atoms. The molecular formula is C27H36F3N5O3. The monoisotopic (exact) mass is 535 g/mol. The van der Waals surface area contributed by atoms with Crippen molar-refractivity contribution in [2.24, 2.45) is 5.41 Å². The first-order valence-corrected chi connectivity index (χ1v) is 13.1. The molecule has 208 valence electrons. The molecule has 2 aliphatic rings. The SMILES string of the molecule is CC(C)(C)CN1CCN(c2ccnc(OC3CCC(Nc4ccc([N+](=O)[O-])c(C(F)(F)F)c4)CC3)c2)CC1. The van der Waals surface area contributed by atoms with E-state index in [1.807, 2.05) is 12.1 Å². The van der Waals surface area contributed by atoms with Crippen LogP contribution in [-0.4, -0.2) is 59.7 Å². The van der Waals surface area contributed by atoms with Crippen molar-refractivity contribution in [1.82, 2.24) is 9.88 Å². The fourth-order valence-corrected chi connectivity index (χ4v) is 5.24. The van der Waals surface area contributed by atoms with Crippen molar-refractivity contribution in [3.63, 3.8) is 0 Å². The highest BCUT2D eigenvalue weighted by atomic mass is 19.4. The molecule has 0 atom stereocenters. The van der Waals surface area contributed by atoms with Crippen LogP contribution in [0.25, 0.3) is 0 Å². The van der Waals surface area contributed by atoms with Crippen molar-refractivity contribution >= 4 is 17.1 Å². The van der Waals surface area contributed by atoms with E-state index in [9.17, 15) is 23.3 Å². The predicted octanol–water partition coefficient (Wildman–Crippen LogP) is 5.98. The molecule has 1 aliphatic heterocycles. The van der Waals surface area contributed by atoms with Gasteiger partial charge in [0.25, 0.3) is 5.69 Å². The molecule has 1 aromatic heterocycles. The van der Waals surface area contributed by atoms with E-state index in [0.29, 0.717) is 18.7 Å². The molecule has 0 unspecified atom stereocenters. The minimum atomic E-state index is -4.80. The fourth-order valence-electron chi connectivity index (χ4n) is 5.24. The van der Waals surface area contributed by atoms with Crippen LogP contribution >= 0.6 is 0 Å². The van der Waals surface area contributed by atoms with E-state index in [1.165, 1.54) is 6.07 Å². The van der Waals surface area contributed by atoms with Crippen molar-refractivity contribution in [1.29, 1.82) is 0 Å². The lowest BCUT2D eigenvalue weighted by molar-refractivity contribution is -0.388. The van der Waals surface area contributed by atoms with Gasteiger partial charge in [-0.05, 0) is 49.3 Å². The second-order valence-corrected chi connectivity index (χ2v) is 11.4. The number of pyridine rings is 1. The van der Waals surface area contributed by atoms with E-state index < -0.39 is 22.4 Å². The highest BCUT2D eigenvalue weighted by Crippen LogP contribution is 2.38. The summed E-state index contributed by atoms with van der Waals surface area (Å²) in [6.45, 7) is 11.8. The van der Waals surface area contributed by atoms with Crippen molar-refractivity contribution < 1.29 is 22.8 Å². The minimum Gasteiger partial charge on any atom is -0.474 e. The van der Waals surface area contributed by atoms with Crippen molar-refractivity contribution in [3.05, 3.63) is 52.2 Å². The predicted molar refractivity (Wildman–Crippen MR) is 141 cm³/mol. The topological polar surface area (TPSA) is 83.8 Å². The maximum atomic E-state index is 13.3. The average Bonchev–Trinajstić information content (AvgIpc) is 2.84. The molecule has 0 bridgehead atoms. The van der Waals surface area contributed by atoms with Gasteiger partial charge in [0.15, 0.2) is 0 Å². The molecule has 1 aromatic carbocycles. The molecule has 11 heteroatoms. The Kier molecular flexibility index (Phi) is 8.34. The Balaban J connectivity index is 1.28. The molecular weight excluding hydrogens is 499 g/mol. The number of alkyl halides is 3. The summed E-state index contributed by atoms with van der Waals surface area (Å²) in [4.78, 5) is 19.2. The second-order valence-electron chi connectivity index (χ2n) is 11.4. The summed E-state index contributed by atoms with van der Waals surface area (Å²) in [6, 6.07) is 7.00. The molecule has 2 fully saturated rings. The third-order valence-electron chi connectivity index (χ3n) is 6.98. The zero-order chi connectivity index (χ0) is 27.5. The fraction of sp³-hybridized carbons (Fsp3) is 0.593. The first-order valence-electron chi connectivity index (χ1n) is 13.1. The molecule has 2 heterocycles. The van der Waals surface area contributed by atoms with Gasteiger partial charge in [-0.25, -0.2) is 4.98 Å². The smallest absolute Gasteiger partial charge is 0.423 e. The number of rotatable bonds is 7. The molecule has 0 radical (unpaired) electrons. The summed E-state index contributed by atoms with van der Waals surface area (Å²) in [5, 5.41) is 14.1. The van der Waals surface area contributed by atoms with Gasteiger partial charge in [-0.1, -0.05) is 20.8 Å². The molecule has 38 heavy (non-hydrogen) atoms. The lowest BCUT2D eigenvalue weighted by atomic mass is 9.92. The molecule has 8 nitrogen and oxygen atoms in total. The van der Waals surface area contributed by atoms with Gasteiger partial charge in [0.05, 0.1) is 4.92 Å². The molecule has 1 saturated heterocycles. The maximum Gasteiger partial charge on any atom is 0.423 e. The molecule has 1 saturated carbocycles. The van der Waals surface area contributed by atoms with Gasteiger partial charge in [0, 0.05) is 68.5 Å². The molecule has 2 aromatic rings. The third-order valence-corrected chi connectivity index (χ3v) is 6.98. The standard InChI is InChI=1S/C27H36F3N5O3/c1-26(2,3)18-33-12-14-34(15-13-33)21-10-11-31-25(17-21)38-22-7-4-19(5-8-22)32-20-6-9-24(35(36)37)23(16-20)27(28,29)30/h6,9-11,16-17,19,22,32H,4-5,7-8,12-15,18H2,1-3H3. The van der Waals surface area contributed by atoms with Crippen molar-refractivity contribution in [2.45, 2.75) is 64.8 Å². The number of nitrogens with one attached hydrogen (secondary N) is 1. The number of aromatic nitrogens is 1. The Morgan fingerprint density at radius 2 is 1.74 bits per heavy atom. The van der Waals surface area contributed by atoms with Gasteiger partial charge in [-0.15, -0.1) is 0 Å². The van der Waals surface area contributed by atoms with E-state index in [2.05, 4.69) is 40.9 Å². The van der Waals surface area contributed by atoms with Crippen LogP contribution < -0.4 is 15.0 Å². The van der Waals surface area contributed by atoms with E-state index in [-0.39, 0.29) is 23.2 Å². The van der Waals surface area contributed by atoms with Gasteiger partial charge in [-0.3, -0.25) is 15.0 Å². The average molecular weight is 536 g/mol. The lowest BCUT2D eigenvalue weighted by Crippen LogP contribution is -2.48. The Morgan fingerprint density at radius 3 is 2.34 bits per heavy atom. The summed E-state index contributed by atoms with van der Waals surface area (Å²) in [6.07, 6.45) is -0.180. The lowest BCUT2D eigenvalue weighted by Gasteiger charge is -2.39. The molecule has 1 aliphatic carbocycles. The first-order chi connectivity index (χ1) is 17.9. The number of halogens is 3. The third kappa shape index (κ3) is 7.49. The number of hydrogen-bond donors (Lipinski definition) is 1. The van der Waals surface area contributed by atoms with Crippen molar-refractivity contribution in [3.8, 4) is 5.88 Å². The Morgan fingerprint density at radius 1 is 1.05 bits per heavy atom. The van der Waals surface area contributed by atoms with Gasteiger partial charge in [0.2, 0.25) is 5.88 Å². The van der Waals surface area contributed by atoms with Gasteiger partial charge in [-0.2, -0.15) is 13.2 Å². The van der Waals surface area contributed by atoms with Crippen LogP contribution in [0.5, 0.6) is 5.88 Å². The maximum absolute atomic E-state index is 13.3. The van der Waals surface area contributed by atoms with Crippen molar-refractivity contribution in [2.75, 3.05) is 42.9 Å². The summed E-state index contributed by atoms with van der Waals surface area (Å²) in [5.74, 6) is 0.584. The summed E-state index contributed by atoms with van der Waals surface area (Å²) in [5.41, 5.74) is -0.584. The number of benzene rings is 1. The van der Waals surface area contributed by atoms with Crippen LogP contribution in [0.2, 0.25) is 0 Å². The number of anilines is 2.